The zero-order valence-corrected chi connectivity index (χ0v) is 14.5. The van der Waals surface area contributed by atoms with Gasteiger partial charge in [-0.2, -0.15) is 37.9 Å². The van der Waals surface area contributed by atoms with Gasteiger partial charge in [0.25, 0.3) is 0 Å². The monoisotopic (exact) mass is 308 g/mol. The summed E-state index contributed by atoms with van der Waals surface area (Å²) >= 11 is 13.0. The third-order valence-electron chi connectivity index (χ3n) is 3.55. The van der Waals surface area contributed by atoms with Crippen molar-refractivity contribution in [1.82, 2.24) is 0 Å². The zero-order chi connectivity index (χ0) is 13.5. The summed E-state index contributed by atoms with van der Waals surface area (Å²) in [4.78, 5) is 0. The summed E-state index contributed by atoms with van der Waals surface area (Å²) in [6.45, 7) is 0. The second kappa shape index (κ2) is 16.1. The Morgan fingerprint density at radius 1 is 0.500 bits per heavy atom. The maximum absolute atomic E-state index is 4.50. The number of unbranched alkanes of at least 4 members (excludes halogenated alkanes) is 7. The quantitative estimate of drug-likeness (QED) is 0.267. The van der Waals surface area contributed by atoms with E-state index in [1.165, 1.54) is 70.6 Å². The van der Waals surface area contributed by atoms with E-state index in [9.17, 15) is 0 Å². The van der Waals surface area contributed by atoms with Crippen molar-refractivity contribution in [3.05, 3.63) is 0 Å². The van der Waals surface area contributed by atoms with E-state index in [1.54, 1.807) is 0 Å². The van der Waals surface area contributed by atoms with Crippen LogP contribution in [-0.2, 0) is 0 Å². The molecule has 0 heterocycles. The van der Waals surface area contributed by atoms with Crippen LogP contribution in [0.25, 0.3) is 0 Å². The van der Waals surface area contributed by atoms with Gasteiger partial charge < -0.3 is 0 Å². The lowest BCUT2D eigenvalue weighted by atomic mass is 9.96. The molecule has 0 saturated carbocycles. The van der Waals surface area contributed by atoms with Crippen molar-refractivity contribution < 1.29 is 0 Å². The molecule has 0 radical (unpaired) electrons. The molecule has 0 bridgehead atoms. The van der Waals surface area contributed by atoms with Crippen LogP contribution >= 0.6 is 37.9 Å². The van der Waals surface area contributed by atoms with E-state index in [-0.39, 0.29) is 0 Å². The summed E-state index contributed by atoms with van der Waals surface area (Å²) in [7, 11) is 0. The van der Waals surface area contributed by atoms with Crippen LogP contribution in [0.4, 0.5) is 0 Å². The van der Waals surface area contributed by atoms with Gasteiger partial charge in [0.05, 0.1) is 0 Å². The third-order valence-corrected chi connectivity index (χ3v) is 4.70. The van der Waals surface area contributed by atoms with Crippen LogP contribution < -0.4 is 0 Å². The molecule has 3 heteroatoms. The predicted octanol–water partition coefficient (Wildman–Crippen LogP) is 5.68. The fraction of sp³-hybridized carbons (Fsp3) is 1.00. The average molecular weight is 309 g/mol. The molecule has 0 spiro atoms. The average Bonchev–Trinajstić information content (AvgIpc) is 2.40. The van der Waals surface area contributed by atoms with Gasteiger partial charge in [-0.1, -0.05) is 44.9 Å². The van der Waals surface area contributed by atoms with E-state index in [2.05, 4.69) is 37.9 Å². The smallest absolute Gasteiger partial charge is 0.00695 e. The molecular formula is C15H32S3. The van der Waals surface area contributed by atoms with Crippen LogP contribution in [0.3, 0.4) is 0 Å². The first kappa shape index (κ1) is 19.1. The molecule has 0 aromatic rings. The Hall–Kier alpha value is 1.05. The first-order valence-electron chi connectivity index (χ1n) is 7.67. The number of hydrogen-bond acceptors (Lipinski definition) is 3. The second-order valence-corrected chi connectivity index (χ2v) is 6.51. The molecule has 0 rings (SSSR count). The van der Waals surface area contributed by atoms with Crippen molar-refractivity contribution in [1.29, 1.82) is 0 Å². The normalized spacial score (nSPS) is 12.8. The first-order chi connectivity index (χ1) is 8.85. The highest BCUT2D eigenvalue weighted by molar-refractivity contribution is 7.80. The molecule has 1 atom stereocenters. The highest BCUT2D eigenvalue weighted by Crippen LogP contribution is 2.19. The van der Waals surface area contributed by atoms with Gasteiger partial charge in [0.15, 0.2) is 0 Å². The van der Waals surface area contributed by atoms with Crippen molar-refractivity contribution in [2.75, 3.05) is 17.3 Å². The zero-order valence-electron chi connectivity index (χ0n) is 11.8. The fourth-order valence-corrected chi connectivity index (χ4v) is 3.11. The highest BCUT2D eigenvalue weighted by atomic mass is 32.1. The van der Waals surface area contributed by atoms with E-state index in [4.69, 9.17) is 0 Å². The Labute approximate surface area is 131 Å². The SMILES string of the molecule is SCCCCCCCC(CS)CCCCCCS. The summed E-state index contributed by atoms with van der Waals surface area (Å²) < 4.78 is 0. The van der Waals surface area contributed by atoms with E-state index in [0.717, 1.165) is 23.2 Å². The van der Waals surface area contributed by atoms with Crippen molar-refractivity contribution in [2.24, 2.45) is 5.92 Å². The lowest BCUT2D eigenvalue weighted by molar-refractivity contribution is 0.442. The number of rotatable bonds is 14. The largest absolute Gasteiger partial charge is 0.179 e. The molecule has 110 valence electrons. The molecule has 0 fully saturated rings. The van der Waals surface area contributed by atoms with Gasteiger partial charge in [-0.05, 0) is 48.9 Å². The fourth-order valence-electron chi connectivity index (χ4n) is 2.30. The summed E-state index contributed by atoms with van der Waals surface area (Å²) in [6, 6.07) is 0. The Morgan fingerprint density at radius 2 is 0.889 bits per heavy atom. The minimum atomic E-state index is 0.856. The highest BCUT2D eigenvalue weighted by Gasteiger charge is 2.06. The van der Waals surface area contributed by atoms with Crippen molar-refractivity contribution in [3.63, 3.8) is 0 Å². The molecule has 0 N–H and O–H groups in total. The van der Waals surface area contributed by atoms with Gasteiger partial charge >= 0.3 is 0 Å². The molecule has 0 amide bonds. The van der Waals surface area contributed by atoms with E-state index in [1.807, 2.05) is 0 Å². The van der Waals surface area contributed by atoms with Gasteiger partial charge in [0.1, 0.15) is 0 Å². The molecule has 0 aliphatic carbocycles. The molecule has 0 saturated heterocycles. The molecule has 0 aromatic heterocycles. The van der Waals surface area contributed by atoms with E-state index in [0.29, 0.717) is 0 Å². The maximum Gasteiger partial charge on any atom is -0.00695 e. The van der Waals surface area contributed by atoms with Gasteiger partial charge in [-0.25, -0.2) is 0 Å². The molecule has 0 aliphatic rings. The van der Waals surface area contributed by atoms with Crippen LogP contribution in [-0.4, -0.2) is 17.3 Å². The van der Waals surface area contributed by atoms with Gasteiger partial charge in [-0.3, -0.25) is 0 Å². The van der Waals surface area contributed by atoms with E-state index >= 15 is 0 Å². The van der Waals surface area contributed by atoms with Crippen molar-refractivity contribution >= 4 is 37.9 Å². The van der Waals surface area contributed by atoms with Crippen molar-refractivity contribution in [3.8, 4) is 0 Å². The van der Waals surface area contributed by atoms with Crippen LogP contribution in [0.15, 0.2) is 0 Å². The summed E-state index contributed by atoms with van der Waals surface area (Å²) in [5, 5.41) is 0. The predicted molar refractivity (Wildman–Crippen MR) is 95.8 cm³/mol. The van der Waals surface area contributed by atoms with Gasteiger partial charge in [-0.15, -0.1) is 0 Å². The van der Waals surface area contributed by atoms with Crippen LogP contribution in [0.2, 0.25) is 0 Å². The Morgan fingerprint density at radius 3 is 1.28 bits per heavy atom. The maximum atomic E-state index is 4.50. The number of hydrogen-bond donors (Lipinski definition) is 3. The van der Waals surface area contributed by atoms with Crippen molar-refractivity contribution in [2.45, 2.75) is 70.6 Å². The van der Waals surface area contributed by atoms with Crippen LogP contribution in [0.5, 0.6) is 0 Å². The first-order valence-corrected chi connectivity index (χ1v) is 9.57. The summed E-state index contributed by atoms with van der Waals surface area (Å²) in [6.07, 6.45) is 15.0. The lowest BCUT2D eigenvalue weighted by Gasteiger charge is -2.14. The Kier molecular flexibility index (Phi) is 17.0. The molecule has 0 nitrogen and oxygen atoms in total. The standard InChI is InChI=1S/C15H32S3/c16-12-8-4-1-2-6-10-15(14-18)11-7-3-5-9-13-17/h15-18H,1-14H2. The van der Waals surface area contributed by atoms with Gasteiger partial charge in [0, 0.05) is 0 Å². The number of thiol groups is 3. The van der Waals surface area contributed by atoms with Crippen LogP contribution in [0, 0.1) is 5.92 Å². The molecular weight excluding hydrogens is 276 g/mol. The van der Waals surface area contributed by atoms with Gasteiger partial charge in [0.2, 0.25) is 0 Å². The lowest BCUT2D eigenvalue weighted by Crippen LogP contribution is -2.02. The Bertz CT molecular complexity index is 151. The van der Waals surface area contributed by atoms with Crippen LogP contribution in [0.1, 0.15) is 70.6 Å². The minimum Gasteiger partial charge on any atom is -0.179 e. The summed E-state index contributed by atoms with van der Waals surface area (Å²) in [5.74, 6) is 4.02. The molecule has 0 aromatic carbocycles. The molecule has 18 heavy (non-hydrogen) atoms. The third kappa shape index (κ3) is 13.5. The topological polar surface area (TPSA) is 0 Å². The van der Waals surface area contributed by atoms with E-state index < -0.39 is 0 Å². The minimum absolute atomic E-state index is 0.856. The summed E-state index contributed by atoms with van der Waals surface area (Å²) in [5.41, 5.74) is 0. The Balaban J connectivity index is 3.29. The molecule has 1 unspecified atom stereocenters. The molecule has 0 aliphatic heterocycles. The second-order valence-electron chi connectivity index (χ2n) is 5.26.